The summed E-state index contributed by atoms with van der Waals surface area (Å²) in [6.45, 7) is 9.40. The van der Waals surface area contributed by atoms with Crippen LogP contribution in [0, 0.1) is 11.8 Å². The van der Waals surface area contributed by atoms with Crippen LogP contribution in [0.4, 0.5) is 4.79 Å². The lowest BCUT2D eigenvalue weighted by molar-refractivity contribution is -0.156. The van der Waals surface area contributed by atoms with E-state index in [1.165, 1.54) is 4.90 Å². The summed E-state index contributed by atoms with van der Waals surface area (Å²) in [5.41, 5.74) is 0. The summed E-state index contributed by atoms with van der Waals surface area (Å²) >= 11 is 0. The van der Waals surface area contributed by atoms with Crippen molar-refractivity contribution < 1.29 is 66.7 Å². The Labute approximate surface area is 471 Å². The van der Waals surface area contributed by atoms with Gasteiger partial charge in [0.05, 0.1) is 51.4 Å². The fraction of sp³-hybridized carbons (Fsp3) is 0.855. The van der Waals surface area contributed by atoms with Gasteiger partial charge in [-0.05, 0) is 71.4 Å². The zero-order chi connectivity index (χ0) is 56.9. The van der Waals surface area contributed by atoms with Crippen LogP contribution in [0.3, 0.4) is 0 Å². The van der Waals surface area contributed by atoms with E-state index in [0.29, 0.717) is 51.4 Å². The van der Waals surface area contributed by atoms with Gasteiger partial charge < -0.3 is 38.1 Å². The first-order chi connectivity index (χ1) is 37.9. The van der Waals surface area contributed by atoms with Gasteiger partial charge in [-0.3, -0.25) is 33.7 Å². The summed E-state index contributed by atoms with van der Waals surface area (Å²) in [7, 11) is 2.04. The lowest BCUT2D eigenvalue weighted by Gasteiger charge is -2.36. The molecule has 3 atom stereocenters. The maximum atomic E-state index is 14.4. The molecule has 1 amide bonds. The molecule has 16 nitrogen and oxygen atoms in total. The molecule has 0 spiro atoms. The third-order valence-electron chi connectivity index (χ3n) is 14.8. The van der Waals surface area contributed by atoms with Crippen LogP contribution < -0.4 is 0 Å². The Balaban J connectivity index is 2.20. The number of carbonyl (C=O) groups is 7. The monoisotopic (exact) mass is 1100 g/mol. The van der Waals surface area contributed by atoms with Crippen LogP contribution in [-0.4, -0.2) is 130 Å². The second-order valence-electron chi connectivity index (χ2n) is 22.2. The van der Waals surface area contributed by atoms with Crippen molar-refractivity contribution in [1.82, 2.24) is 9.80 Å². The molecule has 0 N–H and O–H groups in total. The third kappa shape index (κ3) is 36.1. The average Bonchev–Trinajstić information content (AvgIpc) is 3.78. The van der Waals surface area contributed by atoms with E-state index in [0.717, 1.165) is 148 Å². The van der Waals surface area contributed by atoms with Crippen molar-refractivity contribution in [2.45, 2.75) is 271 Å². The second kappa shape index (κ2) is 46.5. The SMILES string of the molecule is CCCCCCCCC(=O)OCC(COC(=O)CCCCCCCC)CC(=O)OC[C@@H]1CC=CC[C@@H](COC(=O)CC(COC(=O)CCCCCCCC)COC(=O)CCCCCCCC)N1C(=O)OC1CCCN(C)CC1. The molecule has 0 aromatic carbocycles. The lowest BCUT2D eigenvalue weighted by atomic mass is 10.1. The zero-order valence-corrected chi connectivity index (χ0v) is 49.6. The molecule has 0 aromatic rings. The van der Waals surface area contributed by atoms with Gasteiger partial charge in [-0.1, -0.05) is 168 Å². The first kappa shape index (κ1) is 69.9. The number of hydrogen-bond acceptors (Lipinski definition) is 15. The fourth-order valence-electron chi connectivity index (χ4n) is 9.79. The fourth-order valence-corrected chi connectivity index (χ4v) is 9.79. The van der Waals surface area contributed by atoms with Gasteiger partial charge in [0.15, 0.2) is 0 Å². The molecule has 1 saturated heterocycles. The van der Waals surface area contributed by atoms with E-state index < -0.39 is 42.0 Å². The average molecular weight is 1110 g/mol. The highest BCUT2D eigenvalue weighted by molar-refractivity contribution is 5.73. The molecule has 2 heterocycles. The van der Waals surface area contributed by atoms with Crippen molar-refractivity contribution in [3.05, 3.63) is 12.2 Å². The molecule has 450 valence electrons. The predicted molar refractivity (Wildman–Crippen MR) is 303 cm³/mol. The molecule has 2 rings (SSSR count). The highest BCUT2D eigenvalue weighted by Gasteiger charge is 2.36. The van der Waals surface area contributed by atoms with Crippen molar-refractivity contribution in [3.8, 4) is 0 Å². The highest BCUT2D eigenvalue weighted by atomic mass is 16.6. The van der Waals surface area contributed by atoms with Gasteiger partial charge in [-0.2, -0.15) is 0 Å². The largest absolute Gasteiger partial charge is 0.465 e. The van der Waals surface area contributed by atoms with Gasteiger partial charge in [0.2, 0.25) is 0 Å². The summed E-state index contributed by atoms with van der Waals surface area (Å²) in [6, 6.07) is -1.38. The van der Waals surface area contributed by atoms with E-state index >= 15 is 0 Å². The number of likely N-dealkylation sites (tertiary alicyclic amines) is 1. The van der Waals surface area contributed by atoms with E-state index in [1.807, 2.05) is 19.2 Å². The molecule has 16 heteroatoms. The minimum atomic E-state index is -0.689. The minimum Gasteiger partial charge on any atom is -0.465 e. The number of amides is 1. The van der Waals surface area contributed by atoms with E-state index in [2.05, 4.69) is 32.6 Å². The van der Waals surface area contributed by atoms with Gasteiger partial charge in [0.25, 0.3) is 0 Å². The Morgan fingerprint density at radius 3 is 1.10 bits per heavy atom. The second-order valence-corrected chi connectivity index (χ2v) is 22.2. The summed E-state index contributed by atoms with van der Waals surface area (Å²) in [5, 5.41) is 0. The maximum Gasteiger partial charge on any atom is 0.410 e. The standard InChI is InChI=1S/C62H108N2O14/c1-6-10-14-18-22-26-36-56(65)72-45-51(46-73-57(66)37-27-23-19-15-11-7-2)43-60(69)76-49-53-33-30-31-34-54(64(53)62(71)78-55-35-32-41-63(5)42-40-55)50-77-61(70)44-52(47-74-58(67)38-28-24-20-16-12-8-3)48-75-59(68)39-29-25-21-17-13-9-4/h30-31,51-55H,6-29,32-50H2,1-5H3/t53-,54-,55?/m0/s1. The Hall–Kier alpha value is -4.21. The Morgan fingerprint density at radius 2 is 0.756 bits per heavy atom. The minimum absolute atomic E-state index is 0.118. The number of nitrogens with zero attached hydrogens (tertiary/aromatic N) is 2. The number of carbonyl (C=O) groups excluding carboxylic acids is 7. The summed E-state index contributed by atoms with van der Waals surface area (Å²) in [5.74, 6) is -3.98. The Morgan fingerprint density at radius 1 is 0.423 bits per heavy atom. The van der Waals surface area contributed by atoms with E-state index in [-0.39, 0.29) is 108 Å². The molecule has 78 heavy (non-hydrogen) atoms. The number of unbranched alkanes of at least 4 members (excludes halogenated alkanes) is 20. The van der Waals surface area contributed by atoms with Crippen molar-refractivity contribution in [1.29, 1.82) is 0 Å². The van der Waals surface area contributed by atoms with Crippen LogP contribution in [0.25, 0.3) is 0 Å². The first-order valence-electron chi connectivity index (χ1n) is 31.1. The molecular weight excluding hydrogens is 997 g/mol. The zero-order valence-electron chi connectivity index (χ0n) is 49.6. The first-order valence-corrected chi connectivity index (χ1v) is 31.1. The summed E-state index contributed by atoms with van der Waals surface area (Å²) in [4.78, 5) is 96.8. The quantitative estimate of drug-likeness (QED) is 0.0242. The van der Waals surface area contributed by atoms with Gasteiger partial charge in [0, 0.05) is 44.1 Å². The number of hydrogen-bond donors (Lipinski definition) is 0. The Kier molecular flexibility index (Phi) is 41.7. The molecule has 2 aliphatic heterocycles. The van der Waals surface area contributed by atoms with Gasteiger partial charge in [0.1, 0.15) is 19.3 Å². The van der Waals surface area contributed by atoms with Crippen LogP contribution in [-0.2, 0) is 61.9 Å². The van der Waals surface area contributed by atoms with Crippen molar-refractivity contribution in [2.75, 3.05) is 59.8 Å². The summed E-state index contributed by atoms with van der Waals surface area (Å²) < 4.78 is 40.6. The van der Waals surface area contributed by atoms with Crippen molar-refractivity contribution in [3.63, 3.8) is 0 Å². The number of ether oxygens (including phenoxy) is 7. The van der Waals surface area contributed by atoms with Crippen LogP contribution in [0.5, 0.6) is 0 Å². The molecule has 0 radical (unpaired) electrons. The molecule has 0 aliphatic carbocycles. The molecule has 0 aromatic heterocycles. The van der Waals surface area contributed by atoms with Crippen LogP contribution in [0.1, 0.15) is 252 Å². The molecule has 2 aliphatic rings. The highest BCUT2D eigenvalue weighted by Crippen LogP contribution is 2.25. The molecule has 0 saturated carbocycles. The number of esters is 6. The van der Waals surface area contributed by atoms with E-state index in [9.17, 15) is 33.6 Å². The Bertz CT molecular complexity index is 1500. The van der Waals surface area contributed by atoms with Gasteiger partial charge in [-0.15, -0.1) is 0 Å². The third-order valence-corrected chi connectivity index (χ3v) is 14.8. The molecule has 1 fully saturated rings. The number of rotatable bonds is 45. The summed E-state index contributed by atoms with van der Waals surface area (Å²) in [6.07, 6.45) is 30.9. The normalized spacial score (nSPS) is 16.8. The van der Waals surface area contributed by atoms with Crippen LogP contribution in [0.15, 0.2) is 12.2 Å². The maximum absolute atomic E-state index is 14.4. The van der Waals surface area contributed by atoms with E-state index in [4.69, 9.17) is 33.2 Å². The molecule has 1 unspecified atom stereocenters. The van der Waals surface area contributed by atoms with Crippen LogP contribution >= 0.6 is 0 Å². The topological polar surface area (TPSA) is 191 Å². The van der Waals surface area contributed by atoms with Crippen molar-refractivity contribution in [2.24, 2.45) is 11.8 Å². The smallest absolute Gasteiger partial charge is 0.410 e. The van der Waals surface area contributed by atoms with E-state index in [1.54, 1.807) is 0 Å². The molecular formula is C62H108N2O14. The van der Waals surface area contributed by atoms with Crippen LogP contribution in [0.2, 0.25) is 0 Å². The predicted octanol–water partition coefficient (Wildman–Crippen LogP) is 13.3. The van der Waals surface area contributed by atoms with Gasteiger partial charge >= 0.3 is 41.9 Å². The lowest BCUT2D eigenvalue weighted by Crippen LogP contribution is -2.51. The van der Waals surface area contributed by atoms with Crippen molar-refractivity contribution >= 4 is 41.9 Å². The van der Waals surface area contributed by atoms with Gasteiger partial charge in [-0.25, -0.2) is 4.79 Å². The molecule has 0 bridgehead atoms.